The Morgan fingerprint density at radius 3 is 2.56 bits per heavy atom. The van der Waals surface area contributed by atoms with Gasteiger partial charge in [-0.2, -0.15) is 0 Å². The topological polar surface area (TPSA) is 70.7 Å². The number of ether oxygens (including phenoxy) is 1. The summed E-state index contributed by atoms with van der Waals surface area (Å²) >= 11 is 0. The van der Waals surface area contributed by atoms with Gasteiger partial charge in [-0.1, -0.05) is 42.5 Å². The highest BCUT2D eigenvalue weighted by atomic mass is 16.5. The standard InChI is InChI=1S/C21H21N3O3/c1-13-4-7-16(8-5-13)21(19(25)22-20(26)23-21)12-24-11-15-6-9-17(27-3)10-18(15)14(24)2/h4-10H,2,11-12H2,1,3H3,(H2,22,23,25,26)/t21-/m0/s1. The van der Waals surface area contributed by atoms with E-state index in [1.807, 2.05) is 54.3 Å². The Hall–Kier alpha value is -3.28. The number of nitrogens with one attached hydrogen (secondary N) is 2. The lowest BCUT2D eigenvalue weighted by Crippen LogP contribution is -2.51. The number of nitrogens with zero attached hydrogens (tertiary/aromatic N) is 1. The fourth-order valence-corrected chi connectivity index (χ4v) is 3.73. The van der Waals surface area contributed by atoms with Crippen molar-refractivity contribution in [3.8, 4) is 5.75 Å². The Bertz CT molecular complexity index is 952. The summed E-state index contributed by atoms with van der Waals surface area (Å²) in [7, 11) is 1.63. The number of benzene rings is 2. The largest absolute Gasteiger partial charge is 0.497 e. The summed E-state index contributed by atoms with van der Waals surface area (Å²) in [6.07, 6.45) is 0. The monoisotopic (exact) mass is 363 g/mol. The second kappa shape index (κ2) is 6.16. The second-order valence-electron chi connectivity index (χ2n) is 7.01. The van der Waals surface area contributed by atoms with Crippen LogP contribution in [0.3, 0.4) is 0 Å². The molecule has 0 aliphatic carbocycles. The van der Waals surface area contributed by atoms with Crippen molar-refractivity contribution in [3.63, 3.8) is 0 Å². The first-order valence-corrected chi connectivity index (χ1v) is 8.75. The van der Waals surface area contributed by atoms with E-state index >= 15 is 0 Å². The number of rotatable bonds is 4. The van der Waals surface area contributed by atoms with Crippen molar-refractivity contribution in [2.45, 2.75) is 19.0 Å². The van der Waals surface area contributed by atoms with E-state index in [1.54, 1.807) is 7.11 Å². The first-order valence-electron chi connectivity index (χ1n) is 8.75. The quantitative estimate of drug-likeness (QED) is 0.819. The highest BCUT2D eigenvalue weighted by Crippen LogP contribution is 2.37. The molecule has 4 rings (SSSR count). The van der Waals surface area contributed by atoms with E-state index in [2.05, 4.69) is 17.2 Å². The average molecular weight is 363 g/mol. The highest BCUT2D eigenvalue weighted by Gasteiger charge is 2.49. The van der Waals surface area contributed by atoms with Gasteiger partial charge < -0.3 is 15.0 Å². The van der Waals surface area contributed by atoms with Crippen molar-refractivity contribution in [1.82, 2.24) is 15.5 Å². The number of aryl methyl sites for hydroxylation is 1. The van der Waals surface area contributed by atoms with Crippen molar-refractivity contribution >= 4 is 17.6 Å². The summed E-state index contributed by atoms with van der Waals surface area (Å²) in [5.74, 6) is 0.412. The lowest BCUT2D eigenvalue weighted by atomic mass is 9.88. The molecule has 0 spiro atoms. The molecule has 6 heteroatoms. The van der Waals surface area contributed by atoms with Crippen molar-refractivity contribution in [3.05, 3.63) is 71.3 Å². The van der Waals surface area contributed by atoms with Crippen molar-refractivity contribution in [1.29, 1.82) is 0 Å². The summed E-state index contributed by atoms with van der Waals surface area (Å²) in [4.78, 5) is 26.8. The maximum atomic E-state index is 12.8. The van der Waals surface area contributed by atoms with E-state index in [0.717, 1.165) is 33.7 Å². The van der Waals surface area contributed by atoms with E-state index in [0.29, 0.717) is 13.1 Å². The van der Waals surface area contributed by atoms with E-state index in [-0.39, 0.29) is 5.91 Å². The zero-order valence-corrected chi connectivity index (χ0v) is 15.3. The van der Waals surface area contributed by atoms with Gasteiger partial charge in [-0.3, -0.25) is 10.1 Å². The van der Waals surface area contributed by atoms with Crippen LogP contribution < -0.4 is 15.4 Å². The fraction of sp³-hybridized carbons (Fsp3) is 0.238. The minimum Gasteiger partial charge on any atom is -0.497 e. The molecule has 1 fully saturated rings. The van der Waals surface area contributed by atoms with Crippen LogP contribution in [0.25, 0.3) is 5.70 Å². The molecule has 2 heterocycles. The first kappa shape index (κ1) is 17.1. The number of carbonyl (C=O) groups is 2. The third kappa shape index (κ3) is 2.73. The van der Waals surface area contributed by atoms with Crippen LogP contribution in [0.4, 0.5) is 4.79 Å². The van der Waals surface area contributed by atoms with Gasteiger partial charge in [0.15, 0.2) is 5.54 Å². The summed E-state index contributed by atoms with van der Waals surface area (Å²) in [6, 6.07) is 13.0. The highest BCUT2D eigenvalue weighted by molar-refractivity contribution is 6.07. The Labute approximate surface area is 157 Å². The predicted octanol–water partition coefficient (Wildman–Crippen LogP) is 2.52. The van der Waals surface area contributed by atoms with Gasteiger partial charge in [0.05, 0.1) is 13.7 Å². The number of hydrogen-bond acceptors (Lipinski definition) is 4. The second-order valence-corrected chi connectivity index (χ2v) is 7.01. The number of urea groups is 1. The normalized spacial score (nSPS) is 21.1. The lowest BCUT2D eigenvalue weighted by molar-refractivity contribution is -0.124. The molecule has 6 nitrogen and oxygen atoms in total. The van der Waals surface area contributed by atoms with Crippen LogP contribution >= 0.6 is 0 Å². The molecule has 2 aromatic rings. The van der Waals surface area contributed by atoms with E-state index < -0.39 is 11.6 Å². The molecule has 1 saturated heterocycles. The van der Waals surface area contributed by atoms with E-state index in [4.69, 9.17) is 4.74 Å². The third-order valence-electron chi connectivity index (χ3n) is 5.28. The SMILES string of the molecule is C=C1c2cc(OC)ccc2CN1C[C@@]1(c2ccc(C)cc2)NC(=O)NC1=O. The lowest BCUT2D eigenvalue weighted by Gasteiger charge is -2.33. The average Bonchev–Trinajstić information content (AvgIpc) is 3.12. The van der Waals surface area contributed by atoms with Crippen LogP contribution in [-0.4, -0.2) is 30.5 Å². The Kier molecular flexibility index (Phi) is 3.91. The zero-order chi connectivity index (χ0) is 19.2. The van der Waals surface area contributed by atoms with Gasteiger partial charge in [0.25, 0.3) is 5.91 Å². The molecule has 2 aromatic carbocycles. The van der Waals surface area contributed by atoms with Crippen molar-refractivity contribution in [2.24, 2.45) is 0 Å². The molecule has 27 heavy (non-hydrogen) atoms. The van der Waals surface area contributed by atoms with Crippen LogP contribution in [0.15, 0.2) is 49.0 Å². The Balaban J connectivity index is 1.69. The minimum atomic E-state index is -1.15. The van der Waals surface area contributed by atoms with Crippen molar-refractivity contribution in [2.75, 3.05) is 13.7 Å². The molecule has 1 atom stereocenters. The van der Waals surface area contributed by atoms with Gasteiger partial charge in [-0.15, -0.1) is 0 Å². The molecule has 2 N–H and O–H groups in total. The van der Waals surface area contributed by atoms with Gasteiger partial charge in [0.2, 0.25) is 0 Å². The summed E-state index contributed by atoms with van der Waals surface area (Å²) in [6.45, 7) is 7.10. The minimum absolute atomic E-state index is 0.295. The molecular weight excluding hydrogens is 342 g/mol. The van der Waals surface area contributed by atoms with Crippen LogP contribution in [0, 0.1) is 6.92 Å². The molecule has 0 unspecified atom stereocenters. The Morgan fingerprint density at radius 2 is 1.93 bits per heavy atom. The maximum Gasteiger partial charge on any atom is 0.322 e. The summed E-state index contributed by atoms with van der Waals surface area (Å²) in [5.41, 5.74) is 3.61. The van der Waals surface area contributed by atoms with Crippen LogP contribution in [-0.2, 0) is 16.9 Å². The summed E-state index contributed by atoms with van der Waals surface area (Å²) < 4.78 is 5.31. The molecule has 0 saturated carbocycles. The molecule has 0 radical (unpaired) electrons. The van der Waals surface area contributed by atoms with Gasteiger partial charge in [0.1, 0.15) is 5.75 Å². The van der Waals surface area contributed by atoms with E-state index in [1.165, 1.54) is 0 Å². The third-order valence-corrected chi connectivity index (χ3v) is 5.28. The molecule has 2 aliphatic rings. The molecule has 2 aliphatic heterocycles. The fourth-order valence-electron chi connectivity index (χ4n) is 3.73. The zero-order valence-electron chi connectivity index (χ0n) is 15.3. The molecule has 0 bridgehead atoms. The smallest absolute Gasteiger partial charge is 0.322 e. The number of methoxy groups -OCH3 is 1. The van der Waals surface area contributed by atoms with Gasteiger partial charge >= 0.3 is 6.03 Å². The van der Waals surface area contributed by atoms with Crippen LogP contribution in [0.1, 0.15) is 22.3 Å². The maximum absolute atomic E-state index is 12.8. The number of hydrogen-bond donors (Lipinski definition) is 2. The van der Waals surface area contributed by atoms with Crippen LogP contribution in [0.5, 0.6) is 5.75 Å². The van der Waals surface area contributed by atoms with E-state index in [9.17, 15) is 9.59 Å². The number of imide groups is 1. The number of amides is 3. The van der Waals surface area contributed by atoms with Crippen molar-refractivity contribution < 1.29 is 14.3 Å². The number of fused-ring (bicyclic) bond motifs is 1. The van der Waals surface area contributed by atoms with Gasteiger partial charge in [0, 0.05) is 17.8 Å². The predicted molar refractivity (Wildman–Crippen MR) is 102 cm³/mol. The molecule has 138 valence electrons. The molecule has 0 aromatic heterocycles. The first-order chi connectivity index (χ1) is 12.9. The summed E-state index contributed by atoms with van der Waals surface area (Å²) in [5, 5.41) is 5.23. The molecular formula is C21H21N3O3. The Morgan fingerprint density at radius 1 is 1.19 bits per heavy atom. The molecule has 3 amide bonds. The number of carbonyl (C=O) groups excluding carboxylic acids is 2. The van der Waals surface area contributed by atoms with Gasteiger partial charge in [-0.05, 0) is 30.2 Å². The van der Waals surface area contributed by atoms with Gasteiger partial charge in [-0.25, -0.2) is 4.79 Å². The van der Waals surface area contributed by atoms with Crippen LogP contribution in [0.2, 0.25) is 0 Å².